The van der Waals surface area contributed by atoms with E-state index in [1.165, 1.54) is 0 Å². The highest BCUT2D eigenvalue weighted by Crippen LogP contribution is 2.41. The molecule has 0 spiro atoms. The highest BCUT2D eigenvalue weighted by molar-refractivity contribution is 9.11. The van der Waals surface area contributed by atoms with E-state index in [1.807, 2.05) is 0 Å². The Labute approximate surface area is 126 Å². The molecule has 0 fully saturated rings. The molecule has 0 atom stereocenters. The maximum absolute atomic E-state index is 13.7. The lowest BCUT2D eigenvalue weighted by atomic mass is 10.1. The zero-order valence-corrected chi connectivity index (χ0v) is 12.6. The topological polar surface area (TPSA) is 54.4 Å². The predicted octanol–water partition coefficient (Wildman–Crippen LogP) is 4.12. The van der Waals surface area contributed by atoms with Crippen LogP contribution in [0.1, 0.15) is 0 Å². The van der Waals surface area contributed by atoms with Crippen LogP contribution in [-0.4, -0.2) is 13.0 Å². The molecule has 1 aromatic carbocycles. The number of hydrogen-bond donors (Lipinski definition) is 1. The molecule has 0 bridgehead atoms. The summed E-state index contributed by atoms with van der Waals surface area (Å²) in [5.41, 5.74) is -2.26. The van der Waals surface area contributed by atoms with Crippen molar-refractivity contribution in [3.05, 3.63) is 38.9 Å². The molecule has 2 rings (SSSR count). The summed E-state index contributed by atoms with van der Waals surface area (Å²) in [6.07, 6.45) is 0. The molecule has 1 heterocycles. The number of hydrogen-bond acceptors (Lipinski definition) is 3. The molecular weight excluding hydrogens is 407 g/mol. The first-order chi connectivity index (χ1) is 9.55. The van der Waals surface area contributed by atoms with Crippen LogP contribution in [0.3, 0.4) is 0 Å². The summed E-state index contributed by atoms with van der Waals surface area (Å²) in [4.78, 5) is 0. The highest BCUT2D eigenvalue weighted by atomic mass is 79.9. The van der Waals surface area contributed by atoms with Crippen molar-refractivity contribution in [1.82, 2.24) is 0 Å². The third kappa shape index (κ3) is 2.70. The first-order valence-corrected chi connectivity index (χ1v) is 7.89. The van der Waals surface area contributed by atoms with Gasteiger partial charge in [-0.2, -0.15) is 8.42 Å². The summed E-state index contributed by atoms with van der Waals surface area (Å²) in [5, 5.41) is 0. The molecule has 21 heavy (non-hydrogen) atoms. The summed E-state index contributed by atoms with van der Waals surface area (Å²) >= 11 is 3.17. The van der Waals surface area contributed by atoms with Crippen molar-refractivity contribution in [3.8, 4) is 11.1 Å². The van der Waals surface area contributed by atoms with Gasteiger partial charge >= 0.3 is 10.1 Å². The van der Waals surface area contributed by atoms with Crippen molar-refractivity contribution in [3.63, 3.8) is 0 Å². The van der Waals surface area contributed by atoms with Crippen molar-refractivity contribution >= 4 is 37.4 Å². The Morgan fingerprint density at radius 1 is 0.952 bits per heavy atom. The Morgan fingerprint density at radius 3 is 1.81 bits per heavy atom. The van der Waals surface area contributed by atoms with E-state index in [2.05, 4.69) is 15.9 Å². The van der Waals surface area contributed by atoms with E-state index < -0.39 is 54.5 Å². The number of rotatable bonds is 2. The second-order valence-electron chi connectivity index (χ2n) is 3.67. The normalized spacial score (nSPS) is 12.0. The molecule has 1 N–H and O–H groups in total. The molecule has 1 aromatic heterocycles. The van der Waals surface area contributed by atoms with Gasteiger partial charge in [-0.1, -0.05) is 0 Å². The quantitative estimate of drug-likeness (QED) is 0.352. The zero-order valence-electron chi connectivity index (χ0n) is 9.43. The van der Waals surface area contributed by atoms with E-state index in [4.69, 9.17) is 4.55 Å². The fourth-order valence-electron chi connectivity index (χ4n) is 1.55. The molecule has 0 saturated heterocycles. The van der Waals surface area contributed by atoms with Crippen LogP contribution in [0.2, 0.25) is 0 Å². The lowest BCUT2D eigenvalue weighted by Crippen LogP contribution is -2.05. The van der Waals surface area contributed by atoms with E-state index in [0.29, 0.717) is 11.3 Å². The lowest BCUT2D eigenvalue weighted by Gasteiger charge is -2.08. The van der Waals surface area contributed by atoms with Gasteiger partial charge in [0.25, 0.3) is 0 Å². The number of halogens is 6. The summed E-state index contributed by atoms with van der Waals surface area (Å²) in [7, 11) is -4.91. The van der Waals surface area contributed by atoms with Crippen LogP contribution >= 0.6 is 27.3 Å². The van der Waals surface area contributed by atoms with Gasteiger partial charge in [0.15, 0.2) is 27.5 Å². The van der Waals surface area contributed by atoms with Crippen LogP contribution in [0.25, 0.3) is 11.1 Å². The van der Waals surface area contributed by atoms with Gasteiger partial charge in [0.1, 0.15) is 0 Å². The summed E-state index contributed by atoms with van der Waals surface area (Å²) in [5.74, 6) is -11.2. The second-order valence-corrected chi connectivity index (χ2v) is 7.72. The summed E-state index contributed by atoms with van der Waals surface area (Å²) in [6, 6.07) is 0.825. The third-order valence-electron chi connectivity index (χ3n) is 2.38. The predicted molar refractivity (Wildman–Crippen MR) is 67.1 cm³/mol. The van der Waals surface area contributed by atoms with Gasteiger partial charge in [-0.25, -0.2) is 22.0 Å². The standard InChI is InChI=1S/C10H2BrF5O3S2/c11-3-1-2(10(20-3)21(17,18)19)4-5(12)7(14)9(16)8(15)6(4)13/h1H,(H,17,18,19). The van der Waals surface area contributed by atoms with E-state index in [1.54, 1.807) is 0 Å². The molecule has 3 nitrogen and oxygen atoms in total. The van der Waals surface area contributed by atoms with Crippen LogP contribution < -0.4 is 0 Å². The highest BCUT2D eigenvalue weighted by Gasteiger charge is 2.31. The van der Waals surface area contributed by atoms with Gasteiger partial charge in [0.05, 0.1) is 9.35 Å². The maximum Gasteiger partial charge on any atom is 0.304 e. The van der Waals surface area contributed by atoms with Gasteiger partial charge in [0, 0.05) is 5.56 Å². The summed E-state index contributed by atoms with van der Waals surface area (Å²) in [6.45, 7) is 0. The molecule has 0 aliphatic rings. The van der Waals surface area contributed by atoms with Crippen LogP contribution in [-0.2, 0) is 10.1 Å². The smallest absolute Gasteiger partial charge is 0.281 e. The van der Waals surface area contributed by atoms with Crippen LogP contribution in [0.15, 0.2) is 14.1 Å². The Hall–Kier alpha value is -1.04. The molecule has 0 amide bonds. The fraction of sp³-hybridized carbons (Fsp3) is 0. The van der Waals surface area contributed by atoms with Gasteiger partial charge in [-0.15, -0.1) is 11.3 Å². The SMILES string of the molecule is O=S(=O)(O)c1sc(Br)cc1-c1c(F)c(F)c(F)c(F)c1F. The van der Waals surface area contributed by atoms with Crippen LogP contribution in [0, 0.1) is 29.1 Å². The van der Waals surface area contributed by atoms with Gasteiger partial charge in [-0.05, 0) is 22.0 Å². The van der Waals surface area contributed by atoms with E-state index in [-0.39, 0.29) is 3.79 Å². The Kier molecular flexibility index (Phi) is 4.12. The Bertz CT molecular complexity index is 818. The third-order valence-corrected chi connectivity index (χ3v) is 5.38. The van der Waals surface area contributed by atoms with Crippen molar-refractivity contribution in [2.45, 2.75) is 4.21 Å². The molecular formula is C10H2BrF5O3S2. The van der Waals surface area contributed by atoms with E-state index in [0.717, 1.165) is 6.07 Å². The van der Waals surface area contributed by atoms with E-state index >= 15 is 0 Å². The molecule has 0 aliphatic carbocycles. The molecule has 0 aliphatic heterocycles. The Balaban J connectivity index is 2.93. The average molecular weight is 409 g/mol. The van der Waals surface area contributed by atoms with E-state index in [9.17, 15) is 30.4 Å². The first-order valence-electron chi connectivity index (χ1n) is 4.84. The second kappa shape index (κ2) is 5.30. The number of benzene rings is 1. The molecule has 11 heteroatoms. The van der Waals surface area contributed by atoms with Crippen molar-refractivity contribution in [2.75, 3.05) is 0 Å². The fourth-order valence-corrected chi connectivity index (χ4v) is 4.34. The van der Waals surface area contributed by atoms with Gasteiger partial charge < -0.3 is 0 Å². The van der Waals surface area contributed by atoms with Gasteiger partial charge in [0.2, 0.25) is 5.82 Å². The maximum atomic E-state index is 13.7. The number of thiophene rings is 1. The minimum absolute atomic E-state index is 0.00839. The molecule has 0 radical (unpaired) electrons. The largest absolute Gasteiger partial charge is 0.304 e. The van der Waals surface area contributed by atoms with Crippen molar-refractivity contribution in [1.29, 1.82) is 0 Å². The molecule has 0 saturated carbocycles. The van der Waals surface area contributed by atoms with Crippen molar-refractivity contribution in [2.24, 2.45) is 0 Å². The monoisotopic (exact) mass is 408 g/mol. The average Bonchev–Trinajstić information content (AvgIpc) is 2.76. The molecule has 2 aromatic rings. The zero-order chi connectivity index (χ0) is 16.1. The van der Waals surface area contributed by atoms with Gasteiger partial charge in [-0.3, -0.25) is 4.55 Å². The molecule has 0 unspecified atom stereocenters. The Morgan fingerprint density at radius 2 is 1.38 bits per heavy atom. The van der Waals surface area contributed by atoms with Crippen LogP contribution in [0.4, 0.5) is 22.0 Å². The minimum Gasteiger partial charge on any atom is -0.281 e. The van der Waals surface area contributed by atoms with Crippen LogP contribution in [0.5, 0.6) is 0 Å². The molecule has 114 valence electrons. The minimum atomic E-state index is -4.91. The lowest BCUT2D eigenvalue weighted by molar-refractivity contribution is 0.381. The van der Waals surface area contributed by atoms with Crippen molar-refractivity contribution < 1.29 is 34.9 Å². The summed E-state index contributed by atoms with van der Waals surface area (Å²) < 4.78 is 96.9. The first kappa shape index (κ1) is 16.3.